The molecule has 0 bridgehead atoms. The van der Waals surface area contributed by atoms with Crippen LogP contribution in [0.4, 0.5) is 0 Å². The molecule has 0 unspecified atom stereocenters. The van der Waals surface area contributed by atoms with Crippen LogP contribution in [0.5, 0.6) is 0 Å². The number of aromatic amines is 1. The Morgan fingerprint density at radius 1 is 1.45 bits per heavy atom. The minimum Gasteiger partial charge on any atom is -0.349 e. The minimum atomic E-state index is -3.51. The predicted molar refractivity (Wildman–Crippen MR) is 72.4 cm³/mol. The lowest BCUT2D eigenvalue weighted by molar-refractivity contribution is -0.121. The van der Waals surface area contributed by atoms with Crippen molar-refractivity contribution in [3.63, 3.8) is 0 Å². The van der Waals surface area contributed by atoms with Crippen molar-refractivity contribution in [3.05, 3.63) is 29.7 Å². The molecule has 108 valence electrons. The average Bonchev–Trinajstić information content (AvgIpc) is 3.09. The Labute approximate surface area is 119 Å². The van der Waals surface area contributed by atoms with Crippen LogP contribution in [0.2, 0.25) is 0 Å². The Morgan fingerprint density at radius 3 is 2.95 bits per heavy atom. The topological polar surface area (TPSA) is 117 Å². The number of carbonyl (C=O) groups excluding carboxylic acids is 1. The molecule has 10 heteroatoms. The number of aromatic nitrogens is 3. The molecule has 3 N–H and O–H groups in total. The van der Waals surface area contributed by atoms with Gasteiger partial charge in [-0.05, 0) is 11.4 Å². The summed E-state index contributed by atoms with van der Waals surface area (Å²) in [5, 5.41) is 10.5. The second-order valence-electron chi connectivity index (χ2n) is 3.79. The molecule has 0 spiro atoms. The van der Waals surface area contributed by atoms with Gasteiger partial charge in [0.2, 0.25) is 15.9 Å². The third-order valence-electron chi connectivity index (χ3n) is 2.32. The van der Waals surface area contributed by atoms with Gasteiger partial charge in [-0.15, -0.1) is 11.3 Å². The van der Waals surface area contributed by atoms with Gasteiger partial charge in [0, 0.05) is 13.0 Å². The van der Waals surface area contributed by atoms with Gasteiger partial charge in [0.25, 0.3) is 0 Å². The number of carbonyl (C=O) groups is 1. The molecule has 0 saturated carbocycles. The van der Waals surface area contributed by atoms with Crippen LogP contribution in [0.3, 0.4) is 0 Å². The van der Waals surface area contributed by atoms with Crippen LogP contribution in [0, 0.1) is 0 Å². The largest absolute Gasteiger partial charge is 0.349 e. The molecule has 0 aliphatic heterocycles. The first-order chi connectivity index (χ1) is 9.58. The number of hydrogen-bond donors (Lipinski definition) is 3. The standard InChI is InChI=1S/C10H13N5O3S2/c16-9(11-6-8-12-7-13-15-8)3-4-14-20(17,18)10-2-1-5-19-10/h1-2,5,7,14H,3-4,6H2,(H,11,16)(H,12,13,15). The first-order valence-corrected chi connectivity index (χ1v) is 8.08. The van der Waals surface area contributed by atoms with E-state index in [1.54, 1.807) is 11.4 Å². The van der Waals surface area contributed by atoms with E-state index in [4.69, 9.17) is 0 Å². The molecular weight excluding hydrogens is 302 g/mol. The molecule has 2 heterocycles. The normalized spacial score (nSPS) is 11.4. The molecule has 0 radical (unpaired) electrons. The number of nitrogens with one attached hydrogen (secondary N) is 3. The number of sulfonamides is 1. The maximum atomic E-state index is 11.8. The van der Waals surface area contributed by atoms with Crippen molar-refractivity contribution in [2.45, 2.75) is 17.2 Å². The summed E-state index contributed by atoms with van der Waals surface area (Å²) in [6.45, 7) is 0.277. The van der Waals surface area contributed by atoms with Crippen molar-refractivity contribution in [1.82, 2.24) is 25.2 Å². The highest BCUT2D eigenvalue weighted by atomic mass is 32.2. The summed E-state index contributed by atoms with van der Waals surface area (Å²) in [7, 11) is -3.51. The first kappa shape index (κ1) is 14.6. The number of hydrogen-bond acceptors (Lipinski definition) is 6. The van der Waals surface area contributed by atoms with E-state index in [1.807, 2.05) is 0 Å². The maximum Gasteiger partial charge on any atom is 0.250 e. The highest BCUT2D eigenvalue weighted by molar-refractivity contribution is 7.91. The number of H-pyrrole nitrogens is 1. The Balaban J connectivity index is 1.71. The molecule has 0 atom stereocenters. The van der Waals surface area contributed by atoms with Gasteiger partial charge in [-0.1, -0.05) is 6.07 Å². The zero-order valence-corrected chi connectivity index (χ0v) is 12.0. The smallest absolute Gasteiger partial charge is 0.250 e. The fraction of sp³-hybridized carbons (Fsp3) is 0.300. The van der Waals surface area contributed by atoms with E-state index >= 15 is 0 Å². The fourth-order valence-corrected chi connectivity index (χ4v) is 3.44. The summed E-state index contributed by atoms with van der Waals surface area (Å²) in [6.07, 6.45) is 1.40. The van der Waals surface area contributed by atoms with Gasteiger partial charge in [-0.25, -0.2) is 18.1 Å². The van der Waals surface area contributed by atoms with E-state index in [-0.39, 0.29) is 29.6 Å². The predicted octanol–water partition coefficient (Wildman–Crippen LogP) is -0.149. The SMILES string of the molecule is O=C(CCNS(=O)(=O)c1cccs1)NCc1ncn[nH]1. The third-order valence-corrected chi connectivity index (χ3v) is 5.18. The molecule has 0 fully saturated rings. The summed E-state index contributed by atoms with van der Waals surface area (Å²) >= 11 is 1.13. The lowest BCUT2D eigenvalue weighted by atomic mass is 10.4. The Bertz CT molecular complexity index is 637. The number of nitrogens with zero attached hydrogens (tertiary/aromatic N) is 2. The number of thiophene rings is 1. The minimum absolute atomic E-state index is 0.0441. The molecule has 0 aliphatic carbocycles. The van der Waals surface area contributed by atoms with Crippen molar-refractivity contribution in [3.8, 4) is 0 Å². The van der Waals surface area contributed by atoms with Crippen LogP contribution in [-0.4, -0.2) is 36.1 Å². The second-order valence-corrected chi connectivity index (χ2v) is 6.73. The quantitative estimate of drug-likeness (QED) is 0.657. The van der Waals surface area contributed by atoms with Crippen molar-refractivity contribution in [2.75, 3.05) is 6.54 Å². The van der Waals surface area contributed by atoms with E-state index in [1.165, 1.54) is 12.4 Å². The van der Waals surface area contributed by atoms with Crippen LogP contribution in [0.1, 0.15) is 12.2 Å². The van der Waals surface area contributed by atoms with Crippen molar-refractivity contribution < 1.29 is 13.2 Å². The summed E-state index contributed by atoms with van der Waals surface area (Å²) in [5.74, 6) is 0.271. The third kappa shape index (κ3) is 4.11. The molecule has 20 heavy (non-hydrogen) atoms. The van der Waals surface area contributed by atoms with E-state index in [2.05, 4.69) is 25.2 Å². The van der Waals surface area contributed by atoms with Gasteiger partial charge in [0.1, 0.15) is 16.4 Å². The highest BCUT2D eigenvalue weighted by Crippen LogP contribution is 2.14. The lowest BCUT2D eigenvalue weighted by Crippen LogP contribution is -2.30. The Hall–Kier alpha value is -1.78. The van der Waals surface area contributed by atoms with E-state index in [9.17, 15) is 13.2 Å². The summed E-state index contributed by atoms with van der Waals surface area (Å²) < 4.78 is 26.1. The molecule has 8 nitrogen and oxygen atoms in total. The van der Waals surface area contributed by atoms with E-state index < -0.39 is 10.0 Å². The Morgan fingerprint density at radius 2 is 2.30 bits per heavy atom. The van der Waals surface area contributed by atoms with E-state index in [0.29, 0.717) is 5.82 Å². The van der Waals surface area contributed by atoms with Gasteiger partial charge in [0.05, 0.1) is 6.54 Å². The molecule has 0 aliphatic rings. The number of amides is 1. The van der Waals surface area contributed by atoms with Crippen molar-refractivity contribution in [2.24, 2.45) is 0 Å². The monoisotopic (exact) mass is 315 g/mol. The van der Waals surface area contributed by atoms with Gasteiger partial charge in [-0.3, -0.25) is 9.89 Å². The van der Waals surface area contributed by atoms with Gasteiger partial charge in [-0.2, -0.15) is 5.10 Å². The van der Waals surface area contributed by atoms with Crippen LogP contribution in [-0.2, 0) is 21.4 Å². The van der Waals surface area contributed by atoms with Crippen molar-refractivity contribution >= 4 is 27.3 Å². The fourth-order valence-electron chi connectivity index (χ4n) is 1.37. The van der Waals surface area contributed by atoms with Crippen LogP contribution < -0.4 is 10.0 Å². The zero-order valence-electron chi connectivity index (χ0n) is 10.4. The zero-order chi connectivity index (χ0) is 14.4. The van der Waals surface area contributed by atoms with Crippen LogP contribution in [0.25, 0.3) is 0 Å². The maximum absolute atomic E-state index is 11.8. The number of rotatable bonds is 7. The van der Waals surface area contributed by atoms with E-state index in [0.717, 1.165) is 11.3 Å². The first-order valence-electron chi connectivity index (χ1n) is 5.72. The lowest BCUT2D eigenvalue weighted by Gasteiger charge is -2.05. The highest BCUT2D eigenvalue weighted by Gasteiger charge is 2.14. The summed E-state index contributed by atoms with van der Waals surface area (Å²) in [6, 6.07) is 3.17. The van der Waals surface area contributed by atoms with Gasteiger partial charge < -0.3 is 5.32 Å². The Kier molecular flexibility index (Phi) is 4.82. The van der Waals surface area contributed by atoms with Crippen LogP contribution >= 0.6 is 11.3 Å². The molecule has 1 amide bonds. The molecule has 0 saturated heterocycles. The van der Waals surface area contributed by atoms with Crippen molar-refractivity contribution in [1.29, 1.82) is 0 Å². The second kappa shape index (κ2) is 6.59. The van der Waals surface area contributed by atoms with Gasteiger partial charge >= 0.3 is 0 Å². The molecule has 2 aromatic heterocycles. The molecule has 0 aromatic carbocycles. The summed E-state index contributed by atoms with van der Waals surface area (Å²) in [4.78, 5) is 15.4. The molecule has 2 rings (SSSR count). The van der Waals surface area contributed by atoms with Crippen LogP contribution in [0.15, 0.2) is 28.0 Å². The van der Waals surface area contributed by atoms with Gasteiger partial charge in [0.15, 0.2) is 0 Å². The summed E-state index contributed by atoms with van der Waals surface area (Å²) in [5.41, 5.74) is 0. The molecule has 2 aromatic rings. The average molecular weight is 315 g/mol. The molecular formula is C10H13N5O3S2.